The number of carbonyl (C=O) groups excluding carboxylic acids is 2. The van der Waals surface area contributed by atoms with Crippen molar-refractivity contribution in [2.45, 2.75) is 32.9 Å². The summed E-state index contributed by atoms with van der Waals surface area (Å²) >= 11 is 0. The summed E-state index contributed by atoms with van der Waals surface area (Å²) in [6.45, 7) is 3.61. The van der Waals surface area contributed by atoms with Crippen LogP contribution in [0.5, 0.6) is 0 Å². The van der Waals surface area contributed by atoms with Crippen LogP contribution in [-0.2, 0) is 22.6 Å². The summed E-state index contributed by atoms with van der Waals surface area (Å²) in [5, 5.41) is 6.53. The van der Waals surface area contributed by atoms with Crippen LogP contribution in [0.2, 0.25) is 0 Å². The number of carbonyl (C=O) groups is 2. The fourth-order valence-corrected chi connectivity index (χ4v) is 2.76. The van der Waals surface area contributed by atoms with Crippen molar-refractivity contribution in [3.63, 3.8) is 0 Å². The number of hydrogen-bond acceptors (Lipinski definition) is 4. The standard InChI is InChI=1S/C18H20N4O3/c1-11-14-5-3-4-6-16(14)25-17(11)9-20-18(24)15(22-12(2)23)7-13-8-19-10-21-13/h3-6,8,10,15H,7,9H2,1-2H3,(H,19,21)(H,20,24)(H,22,23)/t15-/m0/s1. The van der Waals surface area contributed by atoms with Crippen LogP contribution in [0.15, 0.2) is 41.2 Å². The van der Waals surface area contributed by atoms with Gasteiger partial charge in [-0.25, -0.2) is 4.98 Å². The molecule has 0 saturated carbocycles. The van der Waals surface area contributed by atoms with E-state index in [1.54, 1.807) is 6.20 Å². The van der Waals surface area contributed by atoms with Gasteiger partial charge in [0.25, 0.3) is 0 Å². The van der Waals surface area contributed by atoms with Crippen LogP contribution >= 0.6 is 0 Å². The molecule has 7 heteroatoms. The number of rotatable bonds is 6. The number of aromatic amines is 1. The Morgan fingerprint density at radius 3 is 2.80 bits per heavy atom. The summed E-state index contributed by atoms with van der Waals surface area (Å²) in [5.41, 5.74) is 2.56. The van der Waals surface area contributed by atoms with Gasteiger partial charge in [-0.15, -0.1) is 0 Å². The van der Waals surface area contributed by atoms with E-state index >= 15 is 0 Å². The summed E-state index contributed by atoms with van der Waals surface area (Å²) < 4.78 is 5.80. The summed E-state index contributed by atoms with van der Waals surface area (Å²) in [7, 11) is 0. The van der Waals surface area contributed by atoms with E-state index < -0.39 is 6.04 Å². The minimum Gasteiger partial charge on any atom is -0.459 e. The molecule has 2 heterocycles. The number of imidazole rings is 1. The Morgan fingerprint density at radius 2 is 2.12 bits per heavy atom. The molecule has 0 fully saturated rings. The lowest BCUT2D eigenvalue weighted by Crippen LogP contribution is -2.47. The molecule has 2 amide bonds. The molecular weight excluding hydrogens is 320 g/mol. The summed E-state index contributed by atoms with van der Waals surface area (Å²) in [6, 6.07) is 7.06. The monoisotopic (exact) mass is 340 g/mol. The minimum atomic E-state index is -0.678. The lowest BCUT2D eigenvalue weighted by Gasteiger charge is -2.16. The third kappa shape index (κ3) is 3.88. The number of furan rings is 1. The Bertz CT molecular complexity index is 883. The molecule has 0 unspecified atom stereocenters. The second-order valence-electron chi connectivity index (χ2n) is 5.90. The Balaban J connectivity index is 1.69. The average Bonchev–Trinajstić information content (AvgIpc) is 3.20. The largest absolute Gasteiger partial charge is 0.459 e. The number of aromatic nitrogens is 2. The number of nitrogens with zero attached hydrogens (tertiary/aromatic N) is 1. The number of nitrogens with one attached hydrogen (secondary N) is 3. The van der Waals surface area contributed by atoms with Crippen LogP contribution in [0.3, 0.4) is 0 Å². The van der Waals surface area contributed by atoms with E-state index in [0.29, 0.717) is 12.2 Å². The van der Waals surface area contributed by atoms with E-state index in [0.717, 1.165) is 22.2 Å². The van der Waals surface area contributed by atoms with Gasteiger partial charge in [-0.3, -0.25) is 9.59 Å². The van der Waals surface area contributed by atoms with Gasteiger partial charge >= 0.3 is 0 Å². The molecule has 0 radical (unpaired) electrons. The Hall–Kier alpha value is -3.09. The molecule has 3 rings (SSSR count). The molecule has 1 aromatic carbocycles. The van der Waals surface area contributed by atoms with Gasteiger partial charge in [0.05, 0.1) is 12.9 Å². The van der Waals surface area contributed by atoms with Crippen LogP contribution in [0.1, 0.15) is 23.9 Å². The molecule has 3 N–H and O–H groups in total. The van der Waals surface area contributed by atoms with Crippen LogP contribution in [0.4, 0.5) is 0 Å². The normalized spacial score (nSPS) is 12.1. The van der Waals surface area contributed by atoms with Crippen molar-refractivity contribution in [1.82, 2.24) is 20.6 Å². The highest BCUT2D eigenvalue weighted by molar-refractivity contribution is 5.87. The van der Waals surface area contributed by atoms with E-state index in [4.69, 9.17) is 4.42 Å². The van der Waals surface area contributed by atoms with E-state index in [-0.39, 0.29) is 18.4 Å². The predicted octanol–water partition coefficient (Wildman–Crippen LogP) is 1.83. The highest BCUT2D eigenvalue weighted by Gasteiger charge is 2.21. The topological polar surface area (TPSA) is 100 Å². The van der Waals surface area contributed by atoms with E-state index in [1.165, 1.54) is 13.3 Å². The smallest absolute Gasteiger partial charge is 0.243 e. The molecule has 0 aliphatic rings. The molecule has 25 heavy (non-hydrogen) atoms. The predicted molar refractivity (Wildman–Crippen MR) is 92.7 cm³/mol. The fraction of sp³-hybridized carbons (Fsp3) is 0.278. The first-order chi connectivity index (χ1) is 12.0. The van der Waals surface area contributed by atoms with Gasteiger partial charge in [0, 0.05) is 36.2 Å². The van der Waals surface area contributed by atoms with Gasteiger partial charge in [0.2, 0.25) is 11.8 Å². The van der Waals surface area contributed by atoms with Gasteiger partial charge in [0.15, 0.2) is 0 Å². The SMILES string of the molecule is CC(=O)N[C@@H](Cc1cnc[nH]1)C(=O)NCc1oc2ccccc2c1C. The van der Waals surface area contributed by atoms with Crippen LogP contribution in [0, 0.1) is 6.92 Å². The second-order valence-corrected chi connectivity index (χ2v) is 5.90. The zero-order valence-electron chi connectivity index (χ0n) is 14.1. The summed E-state index contributed by atoms with van der Waals surface area (Å²) in [5.74, 6) is 0.168. The Morgan fingerprint density at radius 1 is 1.32 bits per heavy atom. The molecule has 0 spiro atoms. The van der Waals surface area contributed by atoms with Gasteiger partial charge in [-0.2, -0.15) is 0 Å². The zero-order chi connectivity index (χ0) is 17.8. The second kappa shape index (κ2) is 7.21. The molecule has 0 aliphatic heterocycles. The van der Waals surface area contributed by atoms with Crippen molar-refractivity contribution in [2.24, 2.45) is 0 Å². The van der Waals surface area contributed by atoms with Crippen molar-refractivity contribution in [1.29, 1.82) is 0 Å². The van der Waals surface area contributed by atoms with Gasteiger partial charge < -0.3 is 20.0 Å². The van der Waals surface area contributed by atoms with E-state index in [9.17, 15) is 9.59 Å². The molecule has 130 valence electrons. The highest BCUT2D eigenvalue weighted by Crippen LogP contribution is 2.24. The molecule has 0 saturated heterocycles. The van der Waals surface area contributed by atoms with Crippen molar-refractivity contribution < 1.29 is 14.0 Å². The lowest BCUT2D eigenvalue weighted by molar-refractivity contribution is -0.128. The third-order valence-corrected chi connectivity index (χ3v) is 4.04. The number of hydrogen-bond donors (Lipinski definition) is 3. The number of para-hydroxylation sites is 1. The molecule has 3 aromatic rings. The van der Waals surface area contributed by atoms with Crippen LogP contribution in [0.25, 0.3) is 11.0 Å². The number of aryl methyl sites for hydroxylation is 1. The number of H-pyrrole nitrogens is 1. The van der Waals surface area contributed by atoms with Gasteiger partial charge in [0.1, 0.15) is 17.4 Å². The van der Waals surface area contributed by atoms with Gasteiger partial charge in [-0.1, -0.05) is 18.2 Å². The average molecular weight is 340 g/mol. The minimum absolute atomic E-state index is 0.262. The molecule has 0 aliphatic carbocycles. The Kier molecular flexibility index (Phi) is 4.83. The first kappa shape index (κ1) is 16.8. The van der Waals surface area contributed by atoms with Crippen LogP contribution in [-0.4, -0.2) is 27.8 Å². The Labute approximate surface area is 144 Å². The van der Waals surface area contributed by atoms with Crippen molar-refractivity contribution >= 4 is 22.8 Å². The molecule has 0 bridgehead atoms. The lowest BCUT2D eigenvalue weighted by atomic mass is 10.1. The third-order valence-electron chi connectivity index (χ3n) is 4.04. The summed E-state index contributed by atoms with van der Waals surface area (Å²) in [4.78, 5) is 30.8. The fourth-order valence-electron chi connectivity index (χ4n) is 2.76. The quantitative estimate of drug-likeness (QED) is 0.637. The number of amides is 2. The first-order valence-corrected chi connectivity index (χ1v) is 8.03. The molecule has 7 nitrogen and oxygen atoms in total. The molecule has 1 atom stereocenters. The first-order valence-electron chi connectivity index (χ1n) is 8.03. The summed E-state index contributed by atoms with van der Waals surface area (Å²) in [6.07, 6.45) is 3.51. The maximum atomic E-state index is 12.5. The van der Waals surface area contributed by atoms with Crippen molar-refractivity contribution in [2.75, 3.05) is 0 Å². The molecular formula is C18H20N4O3. The zero-order valence-corrected chi connectivity index (χ0v) is 14.1. The molecule has 2 aromatic heterocycles. The van der Waals surface area contributed by atoms with Gasteiger partial charge in [-0.05, 0) is 13.0 Å². The van der Waals surface area contributed by atoms with Crippen LogP contribution < -0.4 is 10.6 Å². The van der Waals surface area contributed by atoms with Crippen molar-refractivity contribution in [3.8, 4) is 0 Å². The van der Waals surface area contributed by atoms with E-state index in [1.807, 2.05) is 31.2 Å². The number of fused-ring (bicyclic) bond motifs is 1. The maximum Gasteiger partial charge on any atom is 0.243 e. The highest BCUT2D eigenvalue weighted by atomic mass is 16.3. The number of benzene rings is 1. The van der Waals surface area contributed by atoms with Crippen molar-refractivity contribution in [3.05, 3.63) is 53.8 Å². The van der Waals surface area contributed by atoms with E-state index in [2.05, 4.69) is 20.6 Å². The maximum absolute atomic E-state index is 12.5.